The Kier molecular flexibility index (Phi) is 4.90. The number of Topliss-reactive ketones (excluding diaryl/α,β-unsaturated/α-hetero) is 1. The van der Waals surface area contributed by atoms with Crippen molar-refractivity contribution in [2.75, 3.05) is 31.1 Å². The monoisotopic (exact) mass is 345 g/mol. The number of carbonyl (C=O) groups is 1. The third-order valence-electron chi connectivity index (χ3n) is 4.95. The number of benzene rings is 1. The van der Waals surface area contributed by atoms with Gasteiger partial charge in [-0.15, -0.1) is 0 Å². The molecule has 1 fully saturated rings. The highest BCUT2D eigenvalue weighted by atomic mass is 19.1. The lowest BCUT2D eigenvalue weighted by Gasteiger charge is -2.21. The van der Waals surface area contributed by atoms with Gasteiger partial charge in [-0.05, 0) is 44.5 Å². The predicted molar refractivity (Wildman–Crippen MR) is 98.0 cm³/mol. The molecule has 1 aromatic heterocycles. The summed E-state index contributed by atoms with van der Waals surface area (Å²) < 4.78 is 16.4. The van der Waals surface area contributed by atoms with Crippen molar-refractivity contribution in [1.29, 1.82) is 0 Å². The van der Waals surface area contributed by atoms with Crippen molar-refractivity contribution in [3.8, 4) is 0 Å². The van der Waals surface area contributed by atoms with Gasteiger partial charge in [0.2, 0.25) is 0 Å². The molecule has 5 nitrogen and oxygen atoms in total. The number of nitrogens with one attached hydrogen (secondary N) is 1. The zero-order chi connectivity index (χ0) is 18.1. The average Bonchev–Trinajstić information content (AvgIpc) is 3.04. The Balaban J connectivity index is 2.00. The molecule has 1 atom stereocenters. The van der Waals surface area contributed by atoms with Gasteiger partial charge < -0.3 is 14.8 Å². The molecule has 3 rings (SSSR count). The number of fused-ring (bicyclic) bond motifs is 1. The van der Waals surface area contributed by atoms with E-state index in [1.54, 1.807) is 17.7 Å². The molecule has 0 radical (unpaired) electrons. The van der Waals surface area contributed by atoms with Crippen molar-refractivity contribution in [1.82, 2.24) is 9.88 Å². The lowest BCUT2D eigenvalue weighted by Crippen LogP contribution is -2.27. The third-order valence-corrected chi connectivity index (χ3v) is 4.95. The SMILES string of the molecule is CCNC[C@H]1CCN(c2cc3c(cc2F)c(=O)c(C(C)=O)cn3C)C1. The van der Waals surface area contributed by atoms with Crippen LogP contribution in [-0.2, 0) is 7.05 Å². The molecule has 2 aromatic rings. The highest BCUT2D eigenvalue weighted by Crippen LogP contribution is 2.29. The smallest absolute Gasteiger partial charge is 0.200 e. The summed E-state index contributed by atoms with van der Waals surface area (Å²) in [5.74, 6) is -0.217. The predicted octanol–water partition coefficient (Wildman–Crippen LogP) is 2.32. The van der Waals surface area contributed by atoms with Crippen LogP contribution in [0.1, 0.15) is 30.6 Å². The Bertz CT molecular complexity index is 875. The summed E-state index contributed by atoms with van der Waals surface area (Å²) in [6.45, 7) is 6.89. The van der Waals surface area contributed by atoms with Crippen LogP contribution in [0.4, 0.5) is 10.1 Å². The van der Waals surface area contributed by atoms with Crippen LogP contribution in [0.2, 0.25) is 0 Å². The van der Waals surface area contributed by atoms with E-state index in [-0.39, 0.29) is 16.7 Å². The summed E-state index contributed by atoms with van der Waals surface area (Å²) in [5, 5.41) is 3.59. The molecule has 0 saturated carbocycles. The topological polar surface area (TPSA) is 54.3 Å². The minimum atomic E-state index is -0.408. The number of aryl methyl sites for hydroxylation is 1. The molecular formula is C19H24FN3O2. The summed E-state index contributed by atoms with van der Waals surface area (Å²) in [6, 6.07) is 3.00. The number of ketones is 1. The van der Waals surface area contributed by atoms with Crippen LogP contribution < -0.4 is 15.6 Å². The fourth-order valence-corrected chi connectivity index (χ4v) is 3.55. The van der Waals surface area contributed by atoms with E-state index in [0.717, 1.165) is 32.6 Å². The van der Waals surface area contributed by atoms with E-state index in [1.165, 1.54) is 19.2 Å². The van der Waals surface area contributed by atoms with Gasteiger partial charge in [0.25, 0.3) is 0 Å². The Morgan fingerprint density at radius 1 is 1.40 bits per heavy atom. The number of carbonyl (C=O) groups excluding carboxylic acids is 1. The zero-order valence-electron chi connectivity index (χ0n) is 14.9. The highest BCUT2D eigenvalue weighted by molar-refractivity contribution is 5.97. The molecule has 0 amide bonds. The molecule has 25 heavy (non-hydrogen) atoms. The van der Waals surface area contributed by atoms with E-state index < -0.39 is 11.2 Å². The normalized spacial score (nSPS) is 17.4. The van der Waals surface area contributed by atoms with Crippen LogP contribution in [0.3, 0.4) is 0 Å². The summed E-state index contributed by atoms with van der Waals surface area (Å²) in [6.07, 6.45) is 2.55. The third kappa shape index (κ3) is 3.31. The molecular weight excluding hydrogens is 321 g/mol. The maximum atomic E-state index is 14.7. The molecule has 1 saturated heterocycles. The van der Waals surface area contributed by atoms with Gasteiger partial charge in [0, 0.05) is 31.7 Å². The summed E-state index contributed by atoms with van der Waals surface area (Å²) in [7, 11) is 1.77. The first-order chi connectivity index (χ1) is 11.9. The minimum Gasteiger partial charge on any atom is -0.369 e. The van der Waals surface area contributed by atoms with E-state index in [0.29, 0.717) is 17.1 Å². The van der Waals surface area contributed by atoms with Crippen molar-refractivity contribution >= 4 is 22.4 Å². The van der Waals surface area contributed by atoms with Crippen LogP contribution in [0, 0.1) is 11.7 Å². The van der Waals surface area contributed by atoms with E-state index >= 15 is 0 Å². The van der Waals surface area contributed by atoms with Gasteiger partial charge in [0.05, 0.1) is 16.8 Å². The average molecular weight is 345 g/mol. The first kappa shape index (κ1) is 17.6. The lowest BCUT2D eigenvalue weighted by molar-refractivity contribution is 0.101. The fraction of sp³-hybridized carbons (Fsp3) is 0.474. The largest absolute Gasteiger partial charge is 0.369 e. The van der Waals surface area contributed by atoms with Crippen LogP contribution in [0.15, 0.2) is 23.1 Å². The van der Waals surface area contributed by atoms with E-state index in [1.807, 2.05) is 4.90 Å². The first-order valence-electron chi connectivity index (χ1n) is 8.71. The zero-order valence-corrected chi connectivity index (χ0v) is 14.9. The number of pyridine rings is 1. The number of nitrogens with zero attached hydrogens (tertiary/aromatic N) is 2. The molecule has 0 spiro atoms. The second kappa shape index (κ2) is 6.96. The van der Waals surface area contributed by atoms with Crippen molar-refractivity contribution < 1.29 is 9.18 Å². The minimum absolute atomic E-state index is 0.0917. The molecule has 0 bridgehead atoms. The standard InChI is InChI=1S/C19H24FN3O2/c1-4-21-9-13-5-6-23(10-13)18-8-17-14(7-16(18)20)19(25)15(12(2)24)11-22(17)3/h7-8,11,13,21H,4-6,9-10H2,1-3H3/t13-/m1/s1. The van der Waals surface area contributed by atoms with Gasteiger partial charge in [-0.3, -0.25) is 9.59 Å². The summed E-state index contributed by atoms with van der Waals surface area (Å²) in [4.78, 5) is 26.1. The summed E-state index contributed by atoms with van der Waals surface area (Å²) in [5.41, 5.74) is 0.852. The highest BCUT2D eigenvalue weighted by Gasteiger charge is 2.25. The Labute approximate surface area is 146 Å². The quantitative estimate of drug-likeness (QED) is 0.845. The fourth-order valence-electron chi connectivity index (χ4n) is 3.55. The number of rotatable bonds is 5. The molecule has 1 aliphatic heterocycles. The van der Waals surface area contributed by atoms with Crippen molar-refractivity contribution in [3.63, 3.8) is 0 Å². The van der Waals surface area contributed by atoms with Crippen LogP contribution in [0.5, 0.6) is 0 Å². The number of anilines is 1. The molecule has 134 valence electrons. The maximum Gasteiger partial charge on any atom is 0.200 e. The molecule has 2 heterocycles. The molecule has 0 aliphatic carbocycles. The van der Waals surface area contributed by atoms with Crippen LogP contribution in [0.25, 0.3) is 10.9 Å². The van der Waals surface area contributed by atoms with E-state index in [2.05, 4.69) is 12.2 Å². The number of halogens is 1. The van der Waals surface area contributed by atoms with Gasteiger partial charge in [0.15, 0.2) is 11.2 Å². The van der Waals surface area contributed by atoms with Gasteiger partial charge in [-0.2, -0.15) is 0 Å². The second-order valence-corrected chi connectivity index (χ2v) is 6.77. The van der Waals surface area contributed by atoms with Crippen molar-refractivity contribution in [2.24, 2.45) is 13.0 Å². The molecule has 1 aliphatic rings. The summed E-state index contributed by atoms with van der Waals surface area (Å²) >= 11 is 0. The van der Waals surface area contributed by atoms with Crippen LogP contribution in [-0.4, -0.2) is 36.5 Å². The second-order valence-electron chi connectivity index (χ2n) is 6.77. The molecule has 1 N–H and O–H groups in total. The van der Waals surface area contributed by atoms with Gasteiger partial charge in [-0.25, -0.2) is 4.39 Å². The van der Waals surface area contributed by atoms with Crippen molar-refractivity contribution in [2.45, 2.75) is 20.3 Å². The Morgan fingerprint density at radius 3 is 2.84 bits per heavy atom. The number of aromatic nitrogens is 1. The van der Waals surface area contributed by atoms with Gasteiger partial charge in [0.1, 0.15) is 5.82 Å². The van der Waals surface area contributed by atoms with Crippen molar-refractivity contribution in [3.05, 3.63) is 39.9 Å². The number of hydrogen-bond donors (Lipinski definition) is 1. The molecule has 1 aromatic carbocycles. The molecule has 0 unspecified atom stereocenters. The van der Waals surface area contributed by atoms with E-state index in [9.17, 15) is 14.0 Å². The Morgan fingerprint density at radius 2 is 2.16 bits per heavy atom. The maximum absolute atomic E-state index is 14.7. The first-order valence-corrected chi connectivity index (χ1v) is 8.71. The van der Waals surface area contributed by atoms with Gasteiger partial charge in [-0.1, -0.05) is 6.92 Å². The van der Waals surface area contributed by atoms with Gasteiger partial charge >= 0.3 is 0 Å². The van der Waals surface area contributed by atoms with Crippen LogP contribution >= 0.6 is 0 Å². The lowest BCUT2D eigenvalue weighted by atomic mass is 10.1. The molecule has 6 heteroatoms. The number of hydrogen-bond acceptors (Lipinski definition) is 4. The van der Waals surface area contributed by atoms with E-state index in [4.69, 9.17) is 0 Å². The Hall–Kier alpha value is -2.21.